The van der Waals surface area contributed by atoms with Crippen molar-refractivity contribution in [1.29, 1.82) is 0 Å². The summed E-state index contributed by atoms with van der Waals surface area (Å²) in [5, 5.41) is 1.17. The fourth-order valence-corrected chi connectivity index (χ4v) is 7.20. The molecule has 1 aliphatic heterocycles. The molecule has 7 rings (SSSR count). The molecule has 208 valence electrons. The molecular formula is C38H35N3O. The summed E-state index contributed by atoms with van der Waals surface area (Å²) in [6.45, 7) is 6.43. The highest BCUT2D eigenvalue weighted by atomic mass is 16.2. The zero-order chi connectivity index (χ0) is 28.9. The minimum absolute atomic E-state index is 0.169. The lowest BCUT2D eigenvalue weighted by Gasteiger charge is -2.38. The van der Waals surface area contributed by atoms with Crippen LogP contribution in [0, 0.1) is 19.3 Å². The fraction of sp³-hybridized carbons (Fsp3) is 0.211. The van der Waals surface area contributed by atoms with E-state index in [4.69, 9.17) is 4.98 Å². The predicted octanol–water partition coefficient (Wildman–Crippen LogP) is 8.13. The van der Waals surface area contributed by atoms with E-state index in [2.05, 4.69) is 135 Å². The van der Waals surface area contributed by atoms with E-state index in [1.54, 1.807) is 0 Å². The van der Waals surface area contributed by atoms with E-state index < -0.39 is 11.0 Å². The van der Waals surface area contributed by atoms with Gasteiger partial charge in [-0.05, 0) is 55.0 Å². The van der Waals surface area contributed by atoms with Crippen molar-refractivity contribution in [2.24, 2.45) is 5.41 Å². The maximum atomic E-state index is 14.3. The van der Waals surface area contributed by atoms with E-state index >= 15 is 0 Å². The third-order valence-electron chi connectivity index (χ3n) is 9.49. The zero-order valence-electron chi connectivity index (χ0n) is 24.4. The normalized spacial score (nSPS) is 17.0. The van der Waals surface area contributed by atoms with Crippen LogP contribution >= 0.6 is 0 Å². The van der Waals surface area contributed by atoms with Crippen LogP contribution in [0.3, 0.4) is 0 Å². The first kappa shape index (κ1) is 26.2. The third kappa shape index (κ3) is 3.82. The molecule has 0 fully saturated rings. The van der Waals surface area contributed by atoms with Crippen molar-refractivity contribution in [3.8, 4) is 0 Å². The molecule has 0 amide bonds. The SMILES string of the molecule is Cc1c2n(c3ccccc13)C(=O)C(C)(Cc1ncn(C(c3ccccc3)(c3ccccc3)c3ccccc3)c1C)CC2. The molecule has 4 heteroatoms. The van der Waals surface area contributed by atoms with Gasteiger partial charge in [-0.2, -0.15) is 0 Å². The molecule has 4 nitrogen and oxygen atoms in total. The second kappa shape index (κ2) is 9.99. The van der Waals surface area contributed by atoms with E-state index in [1.165, 1.54) is 10.9 Å². The van der Waals surface area contributed by atoms with Crippen LogP contribution < -0.4 is 0 Å². The molecule has 1 unspecified atom stereocenters. The van der Waals surface area contributed by atoms with Gasteiger partial charge in [0.15, 0.2) is 0 Å². The lowest BCUT2D eigenvalue weighted by molar-refractivity contribution is 0.0676. The van der Waals surface area contributed by atoms with E-state index in [1.807, 2.05) is 17.0 Å². The van der Waals surface area contributed by atoms with Gasteiger partial charge in [-0.1, -0.05) is 116 Å². The molecule has 0 saturated carbocycles. The van der Waals surface area contributed by atoms with Crippen LogP contribution in [0.1, 0.15) is 57.5 Å². The Bertz CT molecular complexity index is 1800. The number of hydrogen-bond donors (Lipinski definition) is 0. The van der Waals surface area contributed by atoms with Gasteiger partial charge in [0.25, 0.3) is 0 Å². The van der Waals surface area contributed by atoms with Crippen molar-refractivity contribution < 1.29 is 4.79 Å². The number of carbonyl (C=O) groups is 1. The van der Waals surface area contributed by atoms with Gasteiger partial charge in [0, 0.05) is 23.2 Å². The molecule has 2 aromatic heterocycles. The number of carbonyl (C=O) groups excluding carboxylic acids is 1. The summed E-state index contributed by atoms with van der Waals surface area (Å²) in [7, 11) is 0. The fourth-order valence-electron chi connectivity index (χ4n) is 7.20. The highest BCUT2D eigenvalue weighted by molar-refractivity contribution is 5.99. The van der Waals surface area contributed by atoms with Gasteiger partial charge in [-0.25, -0.2) is 4.98 Å². The molecule has 0 saturated heterocycles. The molecule has 4 aromatic carbocycles. The topological polar surface area (TPSA) is 39.8 Å². The Morgan fingerprint density at radius 1 is 0.762 bits per heavy atom. The Morgan fingerprint density at radius 2 is 1.29 bits per heavy atom. The number of fused-ring (bicyclic) bond motifs is 3. The maximum Gasteiger partial charge on any atom is 0.237 e. The number of aromatic nitrogens is 3. The maximum absolute atomic E-state index is 14.3. The molecular weight excluding hydrogens is 514 g/mol. The predicted molar refractivity (Wildman–Crippen MR) is 169 cm³/mol. The minimum atomic E-state index is -0.627. The summed E-state index contributed by atoms with van der Waals surface area (Å²) in [6, 6.07) is 40.3. The summed E-state index contributed by atoms with van der Waals surface area (Å²) in [6.07, 6.45) is 4.25. The number of aryl methyl sites for hydroxylation is 1. The minimum Gasteiger partial charge on any atom is -0.316 e. The average Bonchev–Trinajstić information content (AvgIpc) is 3.54. The van der Waals surface area contributed by atoms with Crippen molar-refractivity contribution in [2.75, 3.05) is 0 Å². The van der Waals surface area contributed by atoms with E-state index in [-0.39, 0.29) is 5.91 Å². The highest BCUT2D eigenvalue weighted by Crippen LogP contribution is 2.44. The molecule has 1 aliphatic rings. The van der Waals surface area contributed by atoms with Gasteiger partial charge in [0.1, 0.15) is 5.54 Å². The average molecular weight is 550 g/mol. The van der Waals surface area contributed by atoms with Crippen molar-refractivity contribution in [1.82, 2.24) is 14.1 Å². The standard InChI is InChI=1S/C38H35N3O/c1-27-32-21-13-14-22-35(32)41-34(27)23-24-37(3,36(41)42)25-33-28(2)40(26-39-33)38(29-15-7-4-8-16-29,30-17-9-5-10-18-30)31-19-11-6-12-20-31/h4-22,26H,23-25H2,1-3H3. The number of hydrogen-bond acceptors (Lipinski definition) is 2. The number of imidazole rings is 1. The number of rotatable bonds is 6. The van der Waals surface area contributed by atoms with Gasteiger partial charge in [0.05, 0.1) is 23.0 Å². The monoisotopic (exact) mass is 549 g/mol. The van der Waals surface area contributed by atoms with Crippen LogP contribution in [-0.4, -0.2) is 20.0 Å². The number of para-hydroxylation sites is 1. The van der Waals surface area contributed by atoms with Crippen molar-refractivity contribution in [3.05, 3.63) is 161 Å². The lowest BCUT2D eigenvalue weighted by Crippen LogP contribution is -2.40. The molecule has 6 aromatic rings. The smallest absolute Gasteiger partial charge is 0.237 e. The van der Waals surface area contributed by atoms with Gasteiger partial charge in [-0.15, -0.1) is 0 Å². The Hall–Kier alpha value is -4.70. The molecule has 0 aliphatic carbocycles. The Labute approximate surface area is 247 Å². The van der Waals surface area contributed by atoms with Crippen LogP contribution in [0.5, 0.6) is 0 Å². The molecule has 42 heavy (non-hydrogen) atoms. The van der Waals surface area contributed by atoms with Crippen molar-refractivity contribution in [2.45, 2.75) is 45.6 Å². The van der Waals surface area contributed by atoms with Crippen molar-refractivity contribution in [3.63, 3.8) is 0 Å². The Balaban J connectivity index is 1.37. The molecule has 0 radical (unpaired) electrons. The van der Waals surface area contributed by atoms with E-state index in [9.17, 15) is 4.79 Å². The Kier molecular flexibility index (Phi) is 6.23. The van der Waals surface area contributed by atoms with Crippen LogP contribution in [-0.2, 0) is 18.4 Å². The van der Waals surface area contributed by atoms with Gasteiger partial charge in [0.2, 0.25) is 5.91 Å². The summed E-state index contributed by atoms with van der Waals surface area (Å²) in [5.41, 5.74) is 7.72. The first-order valence-corrected chi connectivity index (χ1v) is 14.8. The van der Waals surface area contributed by atoms with E-state index in [0.717, 1.165) is 52.1 Å². The molecule has 0 N–H and O–H groups in total. The van der Waals surface area contributed by atoms with E-state index in [0.29, 0.717) is 6.42 Å². The second-order valence-electron chi connectivity index (χ2n) is 11.9. The quantitative estimate of drug-likeness (QED) is 0.197. The zero-order valence-corrected chi connectivity index (χ0v) is 24.4. The highest BCUT2D eigenvalue weighted by Gasteiger charge is 2.43. The number of benzene rings is 4. The Morgan fingerprint density at radius 3 is 1.86 bits per heavy atom. The summed E-state index contributed by atoms with van der Waals surface area (Å²) < 4.78 is 4.31. The molecule has 1 atom stereocenters. The van der Waals surface area contributed by atoms with Crippen LogP contribution in [0.15, 0.2) is 122 Å². The van der Waals surface area contributed by atoms with Crippen LogP contribution in [0.25, 0.3) is 10.9 Å². The molecule has 0 bridgehead atoms. The first-order chi connectivity index (χ1) is 20.4. The largest absolute Gasteiger partial charge is 0.316 e. The van der Waals surface area contributed by atoms with Gasteiger partial charge < -0.3 is 4.57 Å². The first-order valence-electron chi connectivity index (χ1n) is 14.8. The molecule has 0 spiro atoms. The van der Waals surface area contributed by atoms with Crippen LogP contribution in [0.4, 0.5) is 0 Å². The summed E-state index contributed by atoms with van der Waals surface area (Å²) in [5.74, 6) is 0.169. The second-order valence-corrected chi connectivity index (χ2v) is 11.9. The molecule has 3 heterocycles. The third-order valence-corrected chi connectivity index (χ3v) is 9.49. The van der Waals surface area contributed by atoms with Crippen molar-refractivity contribution >= 4 is 16.8 Å². The lowest BCUT2D eigenvalue weighted by atomic mass is 9.75. The number of nitrogens with zero attached hydrogens (tertiary/aromatic N) is 3. The summed E-state index contributed by atoms with van der Waals surface area (Å²) >= 11 is 0. The van der Waals surface area contributed by atoms with Crippen LogP contribution in [0.2, 0.25) is 0 Å². The van der Waals surface area contributed by atoms with Gasteiger partial charge in [-0.3, -0.25) is 9.36 Å². The summed E-state index contributed by atoms with van der Waals surface area (Å²) in [4.78, 5) is 19.3. The van der Waals surface area contributed by atoms with Gasteiger partial charge >= 0.3 is 0 Å².